The fraction of sp³-hybridized carbons (Fsp3) is 1.00. The quantitative estimate of drug-likeness (QED) is 0.491. The first-order valence-corrected chi connectivity index (χ1v) is 6.19. The van der Waals surface area contributed by atoms with Crippen LogP contribution < -0.4 is 5.32 Å². The number of nitrogens with one attached hydrogen (secondary N) is 1. The monoisotopic (exact) mass is 249 g/mol. The Labute approximate surface area is 104 Å². The fourth-order valence-corrected chi connectivity index (χ4v) is 1.38. The molecular weight excluding hydrogens is 222 g/mol. The van der Waals surface area contributed by atoms with Gasteiger partial charge in [-0.3, -0.25) is 0 Å². The number of aliphatic hydroxyl groups excluding tert-OH is 1. The van der Waals surface area contributed by atoms with Crippen LogP contribution in [-0.2, 0) is 14.2 Å². The zero-order valence-corrected chi connectivity index (χ0v) is 11.3. The van der Waals surface area contributed by atoms with Gasteiger partial charge in [-0.2, -0.15) is 0 Å². The Morgan fingerprint density at radius 1 is 1.12 bits per heavy atom. The van der Waals surface area contributed by atoms with Crippen LogP contribution in [0.5, 0.6) is 0 Å². The van der Waals surface area contributed by atoms with Crippen molar-refractivity contribution < 1.29 is 19.3 Å². The summed E-state index contributed by atoms with van der Waals surface area (Å²) in [4.78, 5) is 0. The second-order valence-corrected chi connectivity index (χ2v) is 4.16. The van der Waals surface area contributed by atoms with E-state index in [0.717, 1.165) is 26.0 Å². The second kappa shape index (κ2) is 12.3. The molecule has 0 aromatic heterocycles. The minimum absolute atomic E-state index is 0.0244. The van der Waals surface area contributed by atoms with Crippen molar-refractivity contribution in [2.45, 2.75) is 32.0 Å². The van der Waals surface area contributed by atoms with Gasteiger partial charge >= 0.3 is 0 Å². The first-order valence-electron chi connectivity index (χ1n) is 6.19. The first-order chi connectivity index (χ1) is 8.20. The van der Waals surface area contributed by atoms with E-state index in [1.807, 2.05) is 6.92 Å². The Bertz CT molecular complexity index is 157. The molecule has 0 saturated carbocycles. The second-order valence-electron chi connectivity index (χ2n) is 4.16. The molecule has 0 rings (SSSR count). The van der Waals surface area contributed by atoms with Crippen LogP contribution in [0.4, 0.5) is 0 Å². The van der Waals surface area contributed by atoms with Gasteiger partial charge < -0.3 is 24.6 Å². The number of hydrogen-bond donors (Lipinski definition) is 2. The lowest BCUT2D eigenvalue weighted by Crippen LogP contribution is -2.32. The Hall–Kier alpha value is -0.200. The van der Waals surface area contributed by atoms with Gasteiger partial charge in [-0.05, 0) is 26.3 Å². The van der Waals surface area contributed by atoms with E-state index >= 15 is 0 Å². The van der Waals surface area contributed by atoms with E-state index in [0.29, 0.717) is 19.8 Å². The van der Waals surface area contributed by atoms with Crippen LogP contribution >= 0.6 is 0 Å². The minimum Gasteiger partial charge on any atom is -0.389 e. The number of hydrogen-bond acceptors (Lipinski definition) is 5. The summed E-state index contributed by atoms with van der Waals surface area (Å²) < 4.78 is 15.3. The standard InChI is InChI=1S/C12H27NO4/c1-11(9-16-3)17-10-12(14)8-13-6-4-5-7-15-2/h11-14H,4-10H2,1-3H3. The van der Waals surface area contributed by atoms with Crippen molar-refractivity contribution in [3.05, 3.63) is 0 Å². The van der Waals surface area contributed by atoms with Crippen molar-refractivity contribution in [1.29, 1.82) is 0 Å². The van der Waals surface area contributed by atoms with Gasteiger partial charge in [0, 0.05) is 27.4 Å². The summed E-state index contributed by atoms with van der Waals surface area (Å²) in [5.41, 5.74) is 0. The highest BCUT2D eigenvalue weighted by molar-refractivity contribution is 4.60. The zero-order chi connectivity index (χ0) is 12.9. The molecule has 0 aliphatic heterocycles. The summed E-state index contributed by atoms with van der Waals surface area (Å²) >= 11 is 0. The maximum Gasteiger partial charge on any atom is 0.0897 e. The fourth-order valence-electron chi connectivity index (χ4n) is 1.38. The predicted molar refractivity (Wildman–Crippen MR) is 67.3 cm³/mol. The molecule has 2 unspecified atom stereocenters. The molecule has 0 aromatic rings. The lowest BCUT2D eigenvalue weighted by molar-refractivity contribution is -0.0310. The number of ether oxygens (including phenoxy) is 3. The van der Waals surface area contributed by atoms with Gasteiger partial charge in [0.1, 0.15) is 0 Å². The minimum atomic E-state index is -0.461. The van der Waals surface area contributed by atoms with Crippen LogP contribution in [0.1, 0.15) is 19.8 Å². The van der Waals surface area contributed by atoms with Gasteiger partial charge in [-0.1, -0.05) is 0 Å². The molecule has 2 N–H and O–H groups in total. The molecule has 0 bridgehead atoms. The topological polar surface area (TPSA) is 60.0 Å². The lowest BCUT2D eigenvalue weighted by atomic mass is 10.3. The van der Waals surface area contributed by atoms with Crippen molar-refractivity contribution in [2.75, 3.05) is 47.1 Å². The summed E-state index contributed by atoms with van der Waals surface area (Å²) in [5.74, 6) is 0. The van der Waals surface area contributed by atoms with Gasteiger partial charge in [0.05, 0.1) is 25.4 Å². The highest BCUT2D eigenvalue weighted by Gasteiger charge is 2.07. The number of methoxy groups -OCH3 is 2. The lowest BCUT2D eigenvalue weighted by Gasteiger charge is -2.16. The molecule has 17 heavy (non-hydrogen) atoms. The Balaban J connectivity index is 3.25. The molecular formula is C12H27NO4. The molecule has 0 radical (unpaired) electrons. The van der Waals surface area contributed by atoms with Crippen LogP contribution in [0.3, 0.4) is 0 Å². The van der Waals surface area contributed by atoms with Crippen LogP contribution in [-0.4, -0.2) is 64.4 Å². The Morgan fingerprint density at radius 2 is 1.88 bits per heavy atom. The molecule has 0 spiro atoms. The largest absolute Gasteiger partial charge is 0.389 e. The van der Waals surface area contributed by atoms with Gasteiger partial charge in [-0.15, -0.1) is 0 Å². The maximum absolute atomic E-state index is 9.62. The SMILES string of the molecule is COCCCCNCC(O)COC(C)COC. The van der Waals surface area contributed by atoms with Crippen LogP contribution in [0.2, 0.25) is 0 Å². The molecule has 0 aliphatic carbocycles. The predicted octanol–water partition coefficient (Wildman–Crippen LogP) is 0.415. The van der Waals surface area contributed by atoms with E-state index in [-0.39, 0.29) is 6.10 Å². The van der Waals surface area contributed by atoms with Crippen molar-refractivity contribution in [2.24, 2.45) is 0 Å². The van der Waals surface area contributed by atoms with Crippen molar-refractivity contribution >= 4 is 0 Å². The van der Waals surface area contributed by atoms with Gasteiger partial charge in [0.15, 0.2) is 0 Å². The van der Waals surface area contributed by atoms with E-state index in [1.165, 1.54) is 0 Å². The van der Waals surface area contributed by atoms with Gasteiger partial charge in [-0.25, -0.2) is 0 Å². The Morgan fingerprint density at radius 3 is 2.53 bits per heavy atom. The number of unbranched alkanes of at least 4 members (excludes halogenated alkanes) is 1. The average Bonchev–Trinajstić information content (AvgIpc) is 2.31. The molecule has 104 valence electrons. The zero-order valence-electron chi connectivity index (χ0n) is 11.3. The van der Waals surface area contributed by atoms with Crippen molar-refractivity contribution in [1.82, 2.24) is 5.32 Å². The normalized spacial score (nSPS) is 14.8. The number of aliphatic hydroxyl groups is 1. The highest BCUT2D eigenvalue weighted by Crippen LogP contribution is 1.94. The summed E-state index contributed by atoms with van der Waals surface area (Å²) in [6, 6.07) is 0. The van der Waals surface area contributed by atoms with Crippen molar-refractivity contribution in [3.8, 4) is 0 Å². The van der Waals surface area contributed by atoms with Gasteiger partial charge in [0.25, 0.3) is 0 Å². The van der Waals surface area contributed by atoms with E-state index in [9.17, 15) is 5.11 Å². The van der Waals surface area contributed by atoms with E-state index < -0.39 is 6.10 Å². The molecule has 0 amide bonds. The average molecular weight is 249 g/mol. The molecule has 0 saturated heterocycles. The number of rotatable bonds is 12. The Kier molecular flexibility index (Phi) is 12.1. The molecule has 0 aromatic carbocycles. The summed E-state index contributed by atoms with van der Waals surface area (Å²) in [5, 5.41) is 12.8. The van der Waals surface area contributed by atoms with Crippen LogP contribution in [0, 0.1) is 0 Å². The molecule has 5 nitrogen and oxygen atoms in total. The molecule has 0 aliphatic rings. The molecule has 0 heterocycles. The van der Waals surface area contributed by atoms with Crippen LogP contribution in [0.15, 0.2) is 0 Å². The highest BCUT2D eigenvalue weighted by atomic mass is 16.5. The van der Waals surface area contributed by atoms with E-state index in [2.05, 4.69) is 5.32 Å². The third kappa shape index (κ3) is 12.1. The molecule has 2 atom stereocenters. The van der Waals surface area contributed by atoms with Crippen molar-refractivity contribution in [3.63, 3.8) is 0 Å². The summed E-state index contributed by atoms with van der Waals surface area (Å²) in [7, 11) is 3.34. The molecule has 0 fully saturated rings. The summed E-state index contributed by atoms with van der Waals surface area (Å²) in [6.45, 7) is 5.07. The summed E-state index contributed by atoms with van der Waals surface area (Å²) in [6.07, 6.45) is 1.66. The third-order valence-corrected chi connectivity index (χ3v) is 2.31. The van der Waals surface area contributed by atoms with Gasteiger partial charge in [0.2, 0.25) is 0 Å². The smallest absolute Gasteiger partial charge is 0.0897 e. The maximum atomic E-state index is 9.62. The molecule has 5 heteroatoms. The van der Waals surface area contributed by atoms with E-state index in [4.69, 9.17) is 14.2 Å². The van der Waals surface area contributed by atoms with E-state index in [1.54, 1.807) is 14.2 Å². The third-order valence-electron chi connectivity index (χ3n) is 2.31. The first kappa shape index (κ1) is 16.8. The van der Waals surface area contributed by atoms with Crippen LogP contribution in [0.25, 0.3) is 0 Å².